The van der Waals surface area contributed by atoms with Gasteiger partial charge in [-0.2, -0.15) is 0 Å². The molecule has 0 radical (unpaired) electrons. The smallest absolute Gasteiger partial charge is 0.258 e. The molecule has 7 nitrogen and oxygen atoms in total. The molecule has 3 aromatic rings. The Morgan fingerprint density at radius 3 is 2.48 bits per heavy atom. The molecule has 0 saturated heterocycles. The van der Waals surface area contributed by atoms with Gasteiger partial charge in [-0.3, -0.25) is 10.1 Å². The fourth-order valence-electron chi connectivity index (χ4n) is 2.58. The van der Waals surface area contributed by atoms with E-state index in [2.05, 4.69) is 9.71 Å². The van der Waals surface area contributed by atoms with E-state index in [4.69, 9.17) is 0 Å². The zero-order chi connectivity index (χ0) is 19.6. The van der Waals surface area contributed by atoms with Crippen LogP contribution < -0.4 is 4.72 Å². The molecule has 0 spiro atoms. The Morgan fingerprint density at radius 1 is 1.15 bits per heavy atom. The van der Waals surface area contributed by atoms with Crippen molar-refractivity contribution in [3.63, 3.8) is 0 Å². The molecule has 9 heteroatoms. The number of aryl methyl sites for hydroxylation is 2. The number of nitrogens with one attached hydrogen (secondary N) is 1. The minimum atomic E-state index is -3.80. The third-order valence-corrected chi connectivity index (χ3v) is 6.76. The maximum absolute atomic E-state index is 12.6. The lowest BCUT2D eigenvalue weighted by Crippen LogP contribution is -2.24. The van der Waals surface area contributed by atoms with Crippen molar-refractivity contribution in [2.75, 3.05) is 0 Å². The summed E-state index contributed by atoms with van der Waals surface area (Å²) in [7, 11) is -3.80. The van der Waals surface area contributed by atoms with Gasteiger partial charge in [0.05, 0.1) is 15.5 Å². The van der Waals surface area contributed by atoms with Crippen molar-refractivity contribution < 1.29 is 13.3 Å². The molecule has 0 aliphatic heterocycles. The Hall–Kier alpha value is -2.62. The van der Waals surface area contributed by atoms with Gasteiger partial charge in [0.2, 0.25) is 10.0 Å². The summed E-state index contributed by atoms with van der Waals surface area (Å²) in [5.74, 6) is 0. The molecular weight excluding hydrogens is 386 g/mol. The molecule has 2 aromatic carbocycles. The maximum atomic E-state index is 12.6. The van der Waals surface area contributed by atoms with Crippen LogP contribution in [0, 0.1) is 24.0 Å². The summed E-state index contributed by atoms with van der Waals surface area (Å²) < 4.78 is 27.8. The number of nitro benzene ring substituents is 1. The van der Waals surface area contributed by atoms with Crippen molar-refractivity contribution in [3.8, 4) is 10.6 Å². The number of benzene rings is 2. The highest BCUT2D eigenvalue weighted by molar-refractivity contribution is 7.89. The van der Waals surface area contributed by atoms with Crippen LogP contribution in [0.25, 0.3) is 10.6 Å². The summed E-state index contributed by atoms with van der Waals surface area (Å²) in [4.78, 5) is 15.6. The van der Waals surface area contributed by atoms with Crippen molar-refractivity contribution in [1.29, 1.82) is 0 Å². The molecule has 1 aromatic heterocycles. The van der Waals surface area contributed by atoms with E-state index in [1.54, 1.807) is 0 Å². The van der Waals surface area contributed by atoms with E-state index in [0.717, 1.165) is 21.1 Å². The number of hydrogen-bond acceptors (Lipinski definition) is 6. The molecule has 140 valence electrons. The second-order valence-electron chi connectivity index (χ2n) is 5.93. The molecule has 0 bridgehead atoms. The summed E-state index contributed by atoms with van der Waals surface area (Å²) >= 11 is 1.43. The lowest BCUT2D eigenvalue weighted by molar-refractivity contribution is -0.385. The first-order valence-electron chi connectivity index (χ1n) is 8.04. The van der Waals surface area contributed by atoms with Crippen molar-refractivity contribution >= 4 is 27.0 Å². The van der Waals surface area contributed by atoms with Gasteiger partial charge in [-0.05, 0) is 25.5 Å². The van der Waals surface area contributed by atoms with Gasteiger partial charge in [0, 0.05) is 29.1 Å². The largest absolute Gasteiger partial charge is 0.269 e. The fourth-order valence-corrected chi connectivity index (χ4v) is 4.90. The van der Waals surface area contributed by atoms with Gasteiger partial charge in [0.1, 0.15) is 5.01 Å². The molecule has 0 aliphatic carbocycles. The second kappa shape index (κ2) is 7.55. The van der Waals surface area contributed by atoms with Crippen LogP contribution in [0.15, 0.2) is 53.4 Å². The molecule has 0 aliphatic rings. The first-order valence-corrected chi connectivity index (χ1v) is 10.3. The number of nitro groups is 1. The number of hydrogen-bond donors (Lipinski definition) is 1. The number of aromatic nitrogens is 1. The van der Waals surface area contributed by atoms with Crippen LogP contribution in [-0.4, -0.2) is 18.3 Å². The van der Waals surface area contributed by atoms with Gasteiger partial charge >= 0.3 is 0 Å². The van der Waals surface area contributed by atoms with E-state index < -0.39 is 14.9 Å². The van der Waals surface area contributed by atoms with Crippen molar-refractivity contribution in [3.05, 3.63) is 74.8 Å². The van der Waals surface area contributed by atoms with Gasteiger partial charge in [-0.25, -0.2) is 18.1 Å². The summed E-state index contributed by atoms with van der Waals surface area (Å²) in [6, 6.07) is 13.4. The van der Waals surface area contributed by atoms with E-state index in [9.17, 15) is 18.5 Å². The van der Waals surface area contributed by atoms with Crippen LogP contribution >= 0.6 is 11.3 Å². The monoisotopic (exact) mass is 403 g/mol. The van der Waals surface area contributed by atoms with E-state index in [0.29, 0.717) is 5.56 Å². The molecule has 0 amide bonds. The Bertz CT molecular complexity index is 1090. The molecular formula is C18H17N3O4S2. The summed E-state index contributed by atoms with van der Waals surface area (Å²) in [6.45, 7) is 3.48. The first kappa shape index (κ1) is 19.2. The van der Waals surface area contributed by atoms with Gasteiger partial charge in [0.25, 0.3) is 5.69 Å². The third kappa shape index (κ3) is 4.21. The summed E-state index contributed by atoms with van der Waals surface area (Å²) in [6.07, 6.45) is 0. The number of rotatable bonds is 6. The fraction of sp³-hybridized carbons (Fsp3) is 0.167. The van der Waals surface area contributed by atoms with Crippen LogP contribution in [0.3, 0.4) is 0 Å². The van der Waals surface area contributed by atoms with Crippen LogP contribution in [0.4, 0.5) is 5.69 Å². The second-order valence-corrected chi connectivity index (χ2v) is 8.74. The lowest BCUT2D eigenvalue weighted by Gasteiger charge is -2.08. The molecule has 0 atom stereocenters. The van der Waals surface area contributed by atoms with Crippen LogP contribution in [0.1, 0.15) is 16.1 Å². The van der Waals surface area contributed by atoms with E-state index in [-0.39, 0.29) is 17.1 Å². The van der Waals surface area contributed by atoms with Crippen molar-refractivity contribution in [1.82, 2.24) is 9.71 Å². The van der Waals surface area contributed by atoms with E-state index in [1.807, 2.05) is 37.3 Å². The van der Waals surface area contributed by atoms with Gasteiger partial charge < -0.3 is 0 Å². The SMILES string of the molecule is Cc1cc([N+](=O)[O-])ccc1S(=O)(=O)NCc1sc(-c2ccccc2)nc1C. The normalized spacial score (nSPS) is 11.5. The molecule has 3 rings (SSSR count). The predicted octanol–water partition coefficient (Wildman–Crippen LogP) is 3.81. The Balaban J connectivity index is 1.80. The van der Waals surface area contributed by atoms with Gasteiger partial charge in [0.15, 0.2) is 0 Å². The van der Waals surface area contributed by atoms with E-state index >= 15 is 0 Å². The van der Waals surface area contributed by atoms with Crippen molar-refractivity contribution in [2.24, 2.45) is 0 Å². The number of nitrogens with zero attached hydrogens (tertiary/aromatic N) is 2. The Labute approximate surface area is 160 Å². The van der Waals surface area contributed by atoms with Crippen LogP contribution in [0.5, 0.6) is 0 Å². The first-order chi connectivity index (χ1) is 12.8. The quantitative estimate of drug-likeness (QED) is 0.498. The molecule has 0 saturated carbocycles. The van der Waals surface area contributed by atoms with Gasteiger partial charge in [-0.1, -0.05) is 30.3 Å². The maximum Gasteiger partial charge on any atom is 0.269 e. The topological polar surface area (TPSA) is 102 Å². The zero-order valence-electron chi connectivity index (χ0n) is 14.7. The highest BCUT2D eigenvalue weighted by Crippen LogP contribution is 2.28. The molecule has 0 unspecified atom stereocenters. The van der Waals surface area contributed by atoms with E-state index in [1.165, 1.54) is 36.5 Å². The number of sulfonamides is 1. The highest BCUT2D eigenvalue weighted by atomic mass is 32.2. The van der Waals surface area contributed by atoms with Crippen LogP contribution in [0.2, 0.25) is 0 Å². The Kier molecular flexibility index (Phi) is 5.36. The molecule has 1 heterocycles. The van der Waals surface area contributed by atoms with Crippen LogP contribution in [-0.2, 0) is 16.6 Å². The lowest BCUT2D eigenvalue weighted by atomic mass is 10.2. The minimum Gasteiger partial charge on any atom is -0.258 e. The standard InChI is InChI=1S/C18H17N3O4S2/c1-12-10-15(21(22)23)8-9-17(12)27(24,25)19-11-16-13(2)20-18(26-16)14-6-4-3-5-7-14/h3-10,19H,11H2,1-2H3. The third-order valence-electron chi connectivity index (χ3n) is 3.99. The number of non-ortho nitro benzene ring substituents is 1. The Morgan fingerprint density at radius 2 is 1.85 bits per heavy atom. The average Bonchev–Trinajstić information content (AvgIpc) is 3.01. The molecule has 0 fully saturated rings. The van der Waals surface area contributed by atoms with Gasteiger partial charge in [-0.15, -0.1) is 11.3 Å². The minimum absolute atomic E-state index is 0.0264. The predicted molar refractivity (Wildman–Crippen MR) is 104 cm³/mol. The average molecular weight is 403 g/mol. The summed E-state index contributed by atoms with van der Waals surface area (Å²) in [5, 5.41) is 11.6. The highest BCUT2D eigenvalue weighted by Gasteiger charge is 2.20. The molecule has 27 heavy (non-hydrogen) atoms. The zero-order valence-corrected chi connectivity index (χ0v) is 16.3. The number of thiazole rings is 1. The molecule has 1 N–H and O–H groups in total. The summed E-state index contributed by atoms with van der Waals surface area (Å²) in [5.41, 5.74) is 1.92. The van der Waals surface area contributed by atoms with Crippen molar-refractivity contribution in [2.45, 2.75) is 25.3 Å².